The summed E-state index contributed by atoms with van der Waals surface area (Å²) in [6.07, 6.45) is 7.28. The van der Waals surface area contributed by atoms with Gasteiger partial charge in [0.05, 0.1) is 16.6 Å². The molecule has 0 unspecified atom stereocenters. The molecule has 0 atom stereocenters. The van der Waals surface area contributed by atoms with E-state index in [1.54, 1.807) is 24.5 Å². The standard InChI is InChI=1S/C20H23N5O2/c21-19(26)14-5-4-6-16-18(14)24-20(23-16)15-13-22-8-7-17(15)27-12-11-25-9-2-1-3-10-25/h4-8,13H,1-3,9-12H2,(H2,21,26)(H,23,24). The van der Waals surface area contributed by atoms with E-state index in [1.807, 2.05) is 12.1 Å². The van der Waals surface area contributed by atoms with Gasteiger partial charge < -0.3 is 15.5 Å². The Bertz CT molecular complexity index is 946. The molecule has 3 aromatic rings. The molecular weight excluding hydrogens is 342 g/mol. The number of aromatic nitrogens is 3. The van der Waals surface area contributed by atoms with Crippen molar-refractivity contribution in [3.63, 3.8) is 0 Å². The van der Waals surface area contributed by atoms with Crippen LogP contribution < -0.4 is 10.5 Å². The number of aromatic amines is 1. The van der Waals surface area contributed by atoms with Gasteiger partial charge in [0.1, 0.15) is 23.7 Å². The number of hydrogen-bond acceptors (Lipinski definition) is 5. The number of likely N-dealkylation sites (tertiary alicyclic amines) is 1. The fourth-order valence-electron chi connectivity index (χ4n) is 3.51. The average Bonchev–Trinajstić information content (AvgIpc) is 3.13. The number of primary amides is 1. The predicted molar refractivity (Wildman–Crippen MR) is 104 cm³/mol. The van der Waals surface area contributed by atoms with Gasteiger partial charge in [0.25, 0.3) is 5.91 Å². The van der Waals surface area contributed by atoms with Crippen LogP contribution in [0.5, 0.6) is 5.75 Å². The number of fused-ring (bicyclic) bond motifs is 1. The highest BCUT2D eigenvalue weighted by atomic mass is 16.5. The number of pyridine rings is 1. The molecule has 1 fully saturated rings. The van der Waals surface area contributed by atoms with Crippen LogP contribution in [0, 0.1) is 0 Å². The van der Waals surface area contributed by atoms with Gasteiger partial charge in [0.2, 0.25) is 0 Å². The molecule has 3 N–H and O–H groups in total. The number of para-hydroxylation sites is 1. The molecule has 2 aromatic heterocycles. The first-order valence-corrected chi connectivity index (χ1v) is 9.30. The first-order chi connectivity index (χ1) is 13.2. The van der Waals surface area contributed by atoms with E-state index < -0.39 is 5.91 Å². The minimum Gasteiger partial charge on any atom is -0.491 e. The summed E-state index contributed by atoms with van der Waals surface area (Å²) in [4.78, 5) is 26.1. The van der Waals surface area contributed by atoms with Crippen LogP contribution in [-0.2, 0) is 0 Å². The molecule has 1 saturated heterocycles. The number of imidazole rings is 1. The lowest BCUT2D eigenvalue weighted by Gasteiger charge is -2.26. The van der Waals surface area contributed by atoms with Gasteiger partial charge in [-0.05, 0) is 44.1 Å². The maximum absolute atomic E-state index is 11.6. The van der Waals surface area contributed by atoms with E-state index in [2.05, 4.69) is 19.9 Å². The number of H-pyrrole nitrogens is 1. The van der Waals surface area contributed by atoms with Gasteiger partial charge in [0, 0.05) is 18.9 Å². The van der Waals surface area contributed by atoms with Crippen molar-refractivity contribution in [1.82, 2.24) is 19.9 Å². The Morgan fingerprint density at radius 2 is 2.07 bits per heavy atom. The molecule has 140 valence electrons. The minimum atomic E-state index is -0.497. The number of carbonyl (C=O) groups is 1. The zero-order valence-electron chi connectivity index (χ0n) is 15.1. The highest BCUT2D eigenvalue weighted by Crippen LogP contribution is 2.29. The Morgan fingerprint density at radius 3 is 2.89 bits per heavy atom. The summed E-state index contributed by atoms with van der Waals surface area (Å²) in [6, 6.07) is 7.16. The van der Waals surface area contributed by atoms with Gasteiger partial charge in [-0.3, -0.25) is 14.7 Å². The van der Waals surface area contributed by atoms with Crippen molar-refractivity contribution in [3.8, 4) is 17.1 Å². The Balaban J connectivity index is 1.56. The monoisotopic (exact) mass is 365 g/mol. The molecule has 1 aliphatic rings. The molecule has 0 saturated carbocycles. The third-order valence-corrected chi connectivity index (χ3v) is 4.93. The number of nitrogens with one attached hydrogen (secondary N) is 1. The number of hydrogen-bond donors (Lipinski definition) is 2. The summed E-state index contributed by atoms with van der Waals surface area (Å²) < 4.78 is 6.03. The van der Waals surface area contributed by atoms with Gasteiger partial charge in [-0.1, -0.05) is 12.5 Å². The topological polar surface area (TPSA) is 97.1 Å². The van der Waals surface area contributed by atoms with Crippen LogP contribution in [0.4, 0.5) is 0 Å². The van der Waals surface area contributed by atoms with Crippen molar-refractivity contribution < 1.29 is 9.53 Å². The van der Waals surface area contributed by atoms with E-state index in [1.165, 1.54) is 19.3 Å². The molecular formula is C20H23N5O2. The van der Waals surface area contributed by atoms with Crippen molar-refractivity contribution in [3.05, 3.63) is 42.2 Å². The number of rotatable bonds is 6. The summed E-state index contributed by atoms with van der Waals surface area (Å²) in [5.74, 6) is 0.837. The van der Waals surface area contributed by atoms with E-state index in [9.17, 15) is 4.79 Å². The van der Waals surface area contributed by atoms with Crippen LogP contribution in [0.25, 0.3) is 22.4 Å². The van der Waals surface area contributed by atoms with Gasteiger partial charge >= 0.3 is 0 Å². The lowest BCUT2D eigenvalue weighted by atomic mass is 10.1. The summed E-state index contributed by atoms with van der Waals surface area (Å²) in [5, 5.41) is 0. The van der Waals surface area contributed by atoms with E-state index in [4.69, 9.17) is 10.5 Å². The first-order valence-electron chi connectivity index (χ1n) is 9.30. The Morgan fingerprint density at radius 1 is 1.22 bits per heavy atom. The maximum atomic E-state index is 11.6. The number of ether oxygens (including phenoxy) is 1. The molecule has 1 aromatic carbocycles. The van der Waals surface area contributed by atoms with E-state index in [0.29, 0.717) is 23.5 Å². The lowest BCUT2D eigenvalue weighted by Crippen LogP contribution is -2.33. The molecule has 3 heterocycles. The SMILES string of the molecule is NC(=O)c1cccc2[nH]c(-c3cnccc3OCCN3CCCCC3)nc12. The number of nitrogens with two attached hydrogens (primary N) is 1. The summed E-state index contributed by atoms with van der Waals surface area (Å²) in [7, 11) is 0. The molecule has 7 nitrogen and oxygen atoms in total. The molecule has 4 rings (SSSR count). The van der Waals surface area contributed by atoms with Gasteiger partial charge in [-0.25, -0.2) is 4.98 Å². The number of nitrogens with zero attached hydrogens (tertiary/aromatic N) is 3. The van der Waals surface area contributed by atoms with Gasteiger partial charge in [-0.2, -0.15) is 0 Å². The quantitative estimate of drug-likeness (QED) is 0.700. The molecule has 0 bridgehead atoms. The molecule has 0 spiro atoms. The zero-order chi connectivity index (χ0) is 18.6. The number of amides is 1. The normalized spacial score (nSPS) is 15.1. The second kappa shape index (κ2) is 7.75. The number of piperidine rings is 1. The number of carbonyl (C=O) groups excluding carboxylic acids is 1. The zero-order valence-corrected chi connectivity index (χ0v) is 15.1. The predicted octanol–water partition coefficient (Wildman–Crippen LogP) is 2.59. The maximum Gasteiger partial charge on any atom is 0.250 e. The first kappa shape index (κ1) is 17.5. The van der Waals surface area contributed by atoms with Crippen LogP contribution in [0.15, 0.2) is 36.7 Å². The number of benzene rings is 1. The molecule has 7 heteroatoms. The van der Waals surface area contributed by atoms with Gasteiger partial charge in [0.15, 0.2) is 0 Å². The van der Waals surface area contributed by atoms with Crippen molar-refractivity contribution in [2.45, 2.75) is 19.3 Å². The molecule has 1 amide bonds. The molecule has 0 radical (unpaired) electrons. The Hall–Kier alpha value is -2.93. The van der Waals surface area contributed by atoms with E-state index >= 15 is 0 Å². The van der Waals surface area contributed by atoms with Crippen LogP contribution >= 0.6 is 0 Å². The highest BCUT2D eigenvalue weighted by Gasteiger charge is 2.16. The Kier molecular flexibility index (Phi) is 5.02. The third-order valence-electron chi connectivity index (χ3n) is 4.93. The minimum absolute atomic E-state index is 0.395. The van der Waals surface area contributed by atoms with Crippen LogP contribution in [0.3, 0.4) is 0 Å². The van der Waals surface area contributed by atoms with Crippen molar-refractivity contribution in [2.24, 2.45) is 5.73 Å². The molecule has 1 aliphatic heterocycles. The van der Waals surface area contributed by atoms with E-state index in [0.717, 1.165) is 36.5 Å². The second-order valence-electron chi connectivity index (χ2n) is 6.77. The fourth-order valence-corrected chi connectivity index (χ4v) is 3.51. The van der Waals surface area contributed by atoms with Gasteiger partial charge in [-0.15, -0.1) is 0 Å². The average molecular weight is 365 g/mol. The highest BCUT2D eigenvalue weighted by molar-refractivity contribution is 6.04. The van der Waals surface area contributed by atoms with Crippen molar-refractivity contribution in [1.29, 1.82) is 0 Å². The summed E-state index contributed by atoms with van der Waals surface area (Å²) >= 11 is 0. The smallest absolute Gasteiger partial charge is 0.250 e. The molecule has 0 aliphatic carbocycles. The van der Waals surface area contributed by atoms with Crippen molar-refractivity contribution >= 4 is 16.9 Å². The molecule has 27 heavy (non-hydrogen) atoms. The Labute approximate surface area is 157 Å². The summed E-state index contributed by atoms with van der Waals surface area (Å²) in [5.41, 5.74) is 7.93. The third kappa shape index (κ3) is 3.78. The fraction of sp³-hybridized carbons (Fsp3) is 0.350. The van der Waals surface area contributed by atoms with Crippen LogP contribution in [-0.4, -0.2) is 52.0 Å². The van der Waals surface area contributed by atoms with Crippen LogP contribution in [0.2, 0.25) is 0 Å². The van der Waals surface area contributed by atoms with E-state index in [-0.39, 0.29) is 0 Å². The van der Waals surface area contributed by atoms with Crippen LogP contribution in [0.1, 0.15) is 29.6 Å². The largest absolute Gasteiger partial charge is 0.491 e. The second-order valence-corrected chi connectivity index (χ2v) is 6.77. The van der Waals surface area contributed by atoms with Crippen molar-refractivity contribution in [2.75, 3.05) is 26.2 Å². The summed E-state index contributed by atoms with van der Waals surface area (Å²) in [6.45, 7) is 3.82. The lowest BCUT2D eigenvalue weighted by molar-refractivity contribution is 0.100.